The third-order valence-corrected chi connectivity index (χ3v) is 14.6. The largest absolute Gasteiger partial charge is 0.488 e. The molecule has 14 aromatic rings. The Balaban J connectivity index is 0.000000144. The minimum atomic E-state index is -1.57. The van der Waals surface area contributed by atoms with Gasteiger partial charge in [0.2, 0.25) is 23.6 Å². The van der Waals surface area contributed by atoms with Crippen molar-refractivity contribution in [3.05, 3.63) is 127 Å². The summed E-state index contributed by atoms with van der Waals surface area (Å²) in [6.45, 7) is 5.41. The number of hydrogen-bond donors (Lipinski definition) is 21. The molecule has 548 valence electrons. The highest BCUT2D eigenvalue weighted by Gasteiger charge is 2.25. The number of hydrogen-bond acceptors (Lipinski definition) is 35. The average Bonchev–Trinajstić information content (AvgIpc) is 1.54. The molecule has 1 fully saturated rings. The minimum Gasteiger partial charge on any atom is -0.424 e. The van der Waals surface area contributed by atoms with Crippen LogP contribution in [-0.4, -0.2) is 192 Å². The van der Waals surface area contributed by atoms with Crippen LogP contribution in [0.5, 0.6) is 0 Å². The lowest BCUT2D eigenvalue weighted by Gasteiger charge is -2.00. The van der Waals surface area contributed by atoms with E-state index in [9.17, 15) is 19.2 Å². The number of rotatable bonds is 14. The lowest BCUT2D eigenvalue weighted by molar-refractivity contribution is -0.115. The van der Waals surface area contributed by atoms with Crippen molar-refractivity contribution in [2.75, 3.05) is 44.7 Å². The Hall–Kier alpha value is -12.0. The quantitative estimate of drug-likeness (QED) is 0.0472. The van der Waals surface area contributed by atoms with Gasteiger partial charge in [0.05, 0.1) is 21.5 Å². The van der Waals surface area contributed by atoms with Gasteiger partial charge in [-0.2, -0.15) is 15.0 Å². The van der Waals surface area contributed by atoms with Gasteiger partial charge in [-0.15, -0.1) is 0 Å². The third kappa shape index (κ3) is 21.6. The lowest BCUT2D eigenvalue weighted by atomic mass is 9.80. The molecular weight excluding hydrogens is 1400 g/mol. The molecule has 0 spiro atoms. The van der Waals surface area contributed by atoms with Gasteiger partial charge in [-0.25, -0.2) is 0 Å². The van der Waals surface area contributed by atoms with E-state index < -0.39 is 49.8 Å². The molecule has 0 saturated heterocycles. The summed E-state index contributed by atoms with van der Waals surface area (Å²) in [6.07, 6.45) is 2.30. The summed E-state index contributed by atoms with van der Waals surface area (Å²) in [7, 11) is -8.94. The van der Waals surface area contributed by atoms with Gasteiger partial charge in [0.15, 0.2) is 62.4 Å². The fraction of sp³-hybridized carbons (Fsp3) is 0.131. The molecule has 0 aliphatic heterocycles. The SMILES string of the molecule is CC(=O)Nc1nc2cc(B(O)O)ccc2o1.CC(=O)Nc1nc2ccc(B(O)O)cc2o1.CC(=O)Nc1noc2cc(B(O)O)ccc12.CC(=O)Nc1noc2ccc(B(O)O)cc12.CNc1noc2ccc(B(O)O)cc12.Nc1nc2cc(B(O)O)ccc2o1.OB(O)c1ccc2onc(NC3CC3)c2c1. The van der Waals surface area contributed by atoms with E-state index in [-0.39, 0.29) is 47.5 Å². The zero-order valence-electron chi connectivity index (χ0n) is 56.6. The summed E-state index contributed by atoms with van der Waals surface area (Å²) in [5.74, 6) is 0.767. The number of carbonyl (C=O) groups excluding carboxylic acids is 4. The number of nitrogen functional groups attached to an aromatic ring is 1. The maximum atomic E-state index is 10.9. The molecular formula is C61H63B7N14O25. The van der Waals surface area contributed by atoms with E-state index in [1.165, 1.54) is 88.4 Å². The number of oxazole rings is 3. The molecule has 1 aliphatic carbocycles. The second-order valence-electron chi connectivity index (χ2n) is 22.9. The predicted molar refractivity (Wildman–Crippen MR) is 395 cm³/mol. The van der Waals surface area contributed by atoms with E-state index in [0.717, 1.165) is 23.6 Å². The number of nitrogens with zero attached hydrogens (tertiary/aromatic N) is 7. The maximum absolute atomic E-state index is 10.9. The van der Waals surface area contributed by atoms with Crippen molar-refractivity contribution in [2.45, 2.75) is 46.6 Å². The average molecular weight is 1470 g/mol. The Bertz CT molecular complexity index is 5280. The van der Waals surface area contributed by atoms with Crippen LogP contribution in [0.3, 0.4) is 0 Å². The molecule has 1 saturated carbocycles. The van der Waals surface area contributed by atoms with Crippen LogP contribution in [0.4, 0.5) is 41.3 Å². The second kappa shape index (κ2) is 35.7. The minimum absolute atomic E-state index is 0.0691. The van der Waals surface area contributed by atoms with Crippen LogP contribution in [0, 0.1) is 0 Å². The Morgan fingerprint density at radius 1 is 0.355 bits per heavy atom. The summed E-state index contributed by atoms with van der Waals surface area (Å²) in [5.41, 5.74) is 12.7. The van der Waals surface area contributed by atoms with Gasteiger partial charge in [0.1, 0.15) is 16.6 Å². The predicted octanol–water partition coefficient (Wildman–Crippen LogP) is -3.41. The number of anilines is 7. The second-order valence-corrected chi connectivity index (χ2v) is 22.9. The molecule has 4 amide bonds. The number of nitrogens with two attached hydrogens (primary N) is 1. The molecule has 1 aliphatic rings. The van der Waals surface area contributed by atoms with Gasteiger partial charge < -0.3 is 129 Å². The number of benzene rings is 7. The van der Waals surface area contributed by atoms with E-state index in [0.29, 0.717) is 128 Å². The molecule has 0 atom stereocenters. The number of fused-ring (bicyclic) bond motifs is 7. The van der Waals surface area contributed by atoms with Crippen molar-refractivity contribution < 1.29 is 121 Å². The van der Waals surface area contributed by atoms with Gasteiger partial charge in [0, 0.05) is 40.8 Å². The van der Waals surface area contributed by atoms with Crippen LogP contribution in [0.15, 0.2) is 159 Å². The number of amides is 4. The fourth-order valence-corrected chi connectivity index (χ4v) is 9.42. The zero-order valence-corrected chi connectivity index (χ0v) is 56.6. The van der Waals surface area contributed by atoms with Gasteiger partial charge in [-0.05, 0) is 136 Å². The van der Waals surface area contributed by atoms with Crippen LogP contribution in [0.1, 0.15) is 40.5 Å². The molecule has 15 rings (SSSR count). The first kappa shape index (κ1) is 79.1. The first-order chi connectivity index (χ1) is 50.9. The van der Waals surface area contributed by atoms with E-state index in [2.05, 4.69) is 67.5 Å². The zero-order chi connectivity index (χ0) is 77.5. The van der Waals surface area contributed by atoms with Crippen molar-refractivity contribution in [2.24, 2.45) is 0 Å². The first-order valence-corrected chi connectivity index (χ1v) is 31.5. The Morgan fingerprint density at radius 2 is 0.682 bits per heavy atom. The molecule has 0 radical (unpaired) electrons. The molecule has 7 aromatic carbocycles. The van der Waals surface area contributed by atoms with Crippen LogP contribution < -0.4 is 75.9 Å². The lowest BCUT2D eigenvalue weighted by Crippen LogP contribution is -2.29. The Morgan fingerprint density at radius 3 is 1.12 bits per heavy atom. The molecule has 7 heterocycles. The van der Waals surface area contributed by atoms with Crippen LogP contribution in [-0.2, 0) is 19.2 Å². The Kier molecular flexibility index (Phi) is 26.4. The molecule has 0 bridgehead atoms. The molecule has 22 N–H and O–H groups in total. The van der Waals surface area contributed by atoms with E-state index in [1.807, 2.05) is 0 Å². The highest BCUT2D eigenvalue weighted by Crippen LogP contribution is 2.30. The summed E-state index contributed by atoms with van der Waals surface area (Å²) < 4.78 is 35.5. The van der Waals surface area contributed by atoms with Crippen LogP contribution in [0.2, 0.25) is 0 Å². The topological polar surface area (TPSA) is 632 Å². The van der Waals surface area contributed by atoms with E-state index in [1.54, 1.807) is 73.8 Å². The normalized spacial score (nSPS) is 11.2. The fourth-order valence-electron chi connectivity index (χ4n) is 9.42. The van der Waals surface area contributed by atoms with Crippen molar-refractivity contribution >= 4 is 230 Å². The van der Waals surface area contributed by atoms with Crippen molar-refractivity contribution in [3.63, 3.8) is 0 Å². The van der Waals surface area contributed by atoms with Crippen LogP contribution in [0.25, 0.3) is 77.2 Å². The molecule has 39 nitrogen and oxygen atoms in total. The summed E-state index contributed by atoms with van der Waals surface area (Å²) in [6, 6.07) is 33.5. The number of aromatic nitrogens is 7. The van der Waals surface area contributed by atoms with Gasteiger partial charge in [0.25, 0.3) is 6.01 Å². The monoisotopic (exact) mass is 1470 g/mol. The van der Waals surface area contributed by atoms with E-state index in [4.69, 9.17) is 107 Å². The molecule has 46 heteroatoms. The van der Waals surface area contributed by atoms with Gasteiger partial charge in [-0.3, -0.25) is 29.8 Å². The van der Waals surface area contributed by atoms with Crippen molar-refractivity contribution in [1.29, 1.82) is 0 Å². The molecule has 7 aromatic heterocycles. The van der Waals surface area contributed by atoms with Gasteiger partial charge >= 0.3 is 61.9 Å². The van der Waals surface area contributed by atoms with Crippen molar-refractivity contribution in [1.82, 2.24) is 35.6 Å². The smallest absolute Gasteiger partial charge is 0.424 e. The summed E-state index contributed by atoms with van der Waals surface area (Å²) in [4.78, 5) is 55.1. The maximum Gasteiger partial charge on any atom is 0.488 e. The highest BCUT2D eigenvalue weighted by atomic mass is 16.5. The molecule has 0 unspecified atom stereocenters. The molecule has 107 heavy (non-hydrogen) atoms. The standard InChI is InChI=1S/C10H11BN2O3.4C9H9BN2O4.C8H9BN2O3.C7H7BN2O3/c14-11(15)6-1-4-9-8(5-6)10(13-16-9)12-7-2-3-7;1-5(13)11-9-12-7-4-6(10(14)15)2-3-8(7)16-9;1-5(13)11-9-7-4-6(10(14)15)2-3-8(7)16-12-9;1-5(13)11-9-12-7-3-2-6(10(14)15)4-8(7)16-9;1-5(13)11-9-7-3-2-6(10(14)15)4-8(7)16-12-9;1-10-8-6-4-5(9(12)13)2-3-7(6)14-11-8;9-7-10-5-3-4(8(11)12)1-2-6(5)13-7/h1,4-5,7,14-15H,2-3H2,(H,12,13);4*2-4,14-15H,1H3,(H,11,12,13);2-4,12-13H,1H3,(H,10,11);1-3,11-12H,(H2,9,10). The van der Waals surface area contributed by atoms with Crippen LogP contribution >= 0.6 is 0 Å². The third-order valence-electron chi connectivity index (χ3n) is 14.6. The Labute approximate surface area is 603 Å². The number of carbonyl (C=O) groups is 4. The first-order valence-electron chi connectivity index (χ1n) is 31.5. The van der Waals surface area contributed by atoms with Gasteiger partial charge in [-0.1, -0.05) is 63.1 Å². The number of nitrogens with one attached hydrogen (secondary N) is 6. The highest BCUT2D eigenvalue weighted by molar-refractivity contribution is 6.61. The van der Waals surface area contributed by atoms with Crippen molar-refractivity contribution in [3.8, 4) is 0 Å². The van der Waals surface area contributed by atoms with E-state index >= 15 is 0 Å². The summed E-state index contributed by atoms with van der Waals surface area (Å²) >= 11 is 0. The summed E-state index contributed by atoms with van der Waals surface area (Å²) in [5, 5.41) is 159.